The molecule has 0 aromatic heterocycles. The van der Waals surface area contributed by atoms with E-state index in [1.54, 1.807) is 0 Å². The van der Waals surface area contributed by atoms with Crippen LogP contribution in [0.25, 0.3) is 0 Å². The maximum atomic E-state index is 12.9. The number of nitrogens with two attached hydrogens (primary N) is 2. The lowest BCUT2D eigenvalue weighted by Crippen LogP contribution is -2.08. The molecule has 70 valence electrons. The van der Waals surface area contributed by atoms with Crippen molar-refractivity contribution in [3.8, 4) is 0 Å². The number of carboxylic acid groups (broad SMARTS) is 1. The van der Waals surface area contributed by atoms with Crippen LogP contribution >= 0.6 is 0 Å². The zero-order chi connectivity index (χ0) is 10.2. The summed E-state index contributed by atoms with van der Waals surface area (Å²) in [5.74, 6) is -3.86. The summed E-state index contributed by atoms with van der Waals surface area (Å²) in [6.07, 6.45) is 0. The number of benzene rings is 1. The summed E-state index contributed by atoms with van der Waals surface area (Å²) in [5.41, 5.74) is 7.94. The summed E-state index contributed by atoms with van der Waals surface area (Å²) in [6, 6.07) is 0.489. The zero-order valence-electron chi connectivity index (χ0n) is 6.34. The van der Waals surface area contributed by atoms with Gasteiger partial charge >= 0.3 is 5.97 Å². The molecule has 0 saturated carbocycles. The van der Waals surface area contributed by atoms with E-state index in [-0.39, 0.29) is 0 Å². The van der Waals surface area contributed by atoms with Crippen LogP contribution in [0.1, 0.15) is 10.4 Å². The molecule has 0 heterocycles. The summed E-state index contributed by atoms with van der Waals surface area (Å²) >= 11 is 0. The van der Waals surface area contributed by atoms with Gasteiger partial charge in [-0.25, -0.2) is 13.6 Å². The molecule has 0 aliphatic rings. The highest BCUT2D eigenvalue weighted by atomic mass is 19.1. The van der Waals surface area contributed by atoms with E-state index in [0.717, 1.165) is 0 Å². The first kappa shape index (κ1) is 9.24. The fourth-order valence-electron chi connectivity index (χ4n) is 0.815. The second-order valence-electron chi connectivity index (χ2n) is 2.35. The molecule has 1 aromatic carbocycles. The minimum atomic E-state index is -1.59. The first-order chi connectivity index (χ1) is 5.95. The zero-order valence-corrected chi connectivity index (χ0v) is 6.34. The van der Waals surface area contributed by atoms with E-state index in [4.69, 9.17) is 16.6 Å². The summed E-state index contributed by atoms with van der Waals surface area (Å²) in [6.45, 7) is 0. The smallest absolute Gasteiger partial charge is 0.338 e. The predicted molar refractivity (Wildman–Crippen MR) is 42.1 cm³/mol. The van der Waals surface area contributed by atoms with E-state index in [9.17, 15) is 13.6 Å². The van der Waals surface area contributed by atoms with Crippen molar-refractivity contribution in [1.29, 1.82) is 0 Å². The molecule has 0 spiro atoms. The van der Waals surface area contributed by atoms with Crippen LogP contribution in [0.3, 0.4) is 0 Å². The van der Waals surface area contributed by atoms with Crippen LogP contribution in [0.2, 0.25) is 0 Å². The molecule has 6 heteroatoms. The highest BCUT2D eigenvalue weighted by molar-refractivity contribution is 5.90. The topological polar surface area (TPSA) is 89.3 Å². The van der Waals surface area contributed by atoms with E-state index >= 15 is 0 Å². The number of halogens is 2. The summed E-state index contributed by atoms with van der Waals surface area (Å²) in [5, 5.41) is 8.40. The second-order valence-corrected chi connectivity index (χ2v) is 2.35. The third-order valence-corrected chi connectivity index (χ3v) is 1.52. The fourth-order valence-corrected chi connectivity index (χ4v) is 0.815. The normalized spacial score (nSPS) is 10.0. The van der Waals surface area contributed by atoms with E-state index in [1.165, 1.54) is 0 Å². The number of anilines is 2. The Labute approximate surface area is 71.8 Å². The molecule has 0 unspecified atom stereocenters. The van der Waals surface area contributed by atoms with Crippen LogP contribution in [-0.2, 0) is 0 Å². The molecular weight excluding hydrogens is 182 g/mol. The lowest BCUT2D eigenvalue weighted by atomic mass is 10.1. The average molecular weight is 188 g/mol. The molecule has 0 atom stereocenters. The molecular formula is C7H6F2N2O2. The number of carboxylic acids is 1. The largest absolute Gasteiger partial charge is 0.478 e. The van der Waals surface area contributed by atoms with Gasteiger partial charge in [0.2, 0.25) is 0 Å². The molecule has 4 nitrogen and oxygen atoms in total. The fraction of sp³-hybridized carbons (Fsp3) is 0. The van der Waals surface area contributed by atoms with Crippen LogP contribution in [0.4, 0.5) is 20.2 Å². The van der Waals surface area contributed by atoms with Crippen molar-refractivity contribution in [3.05, 3.63) is 23.3 Å². The Hall–Kier alpha value is -1.85. The third kappa shape index (κ3) is 1.37. The molecule has 13 heavy (non-hydrogen) atoms. The molecule has 0 aliphatic carbocycles. The summed E-state index contributed by atoms with van der Waals surface area (Å²) in [4.78, 5) is 10.3. The van der Waals surface area contributed by atoms with Crippen LogP contribution in [0.5, 0.6) is 0 Å². The summed E-state index contributed by atoms with van der Waals surface area (Å²) < 4.78 is 25.7. The molecule has 0 aliphatic heterocycles. The number of aromatic carboxylic acids is 1. The number of rotatable bonds is 1. The first-order valence-corrected chi connectivity index (χ1v) is 3.21. The van der Waals surface area contributed by atoms with Crippen LogP contribution < -0.4 is 11.5 Å². The Morgan fingerprint density at radius 3 is 2.31 bits per heavy atom. The lowest BCUT2D eigenvalue weighted by Gasteiger charge is -2.05. The SMILES string of the molecule is Nc1c(F)cc(C(=O)O)c(F)c1N. The number of carbonyl (C=O) groups is 1. The maximum Gasteiger partial charge on any atom is 0.338 e. The van der Waals surface area contributed by atoms with Crippen LogP contribution in [-0.4, -0.2) is 11.1 Å². The molecule has 0 saturated heterocycles. The van der Waals surface area contributed by atoms with Gasteiger partial charge in [0.05, 0.1) is 11.4 Å². The van der Waals surface area contributed by atoms with Gasteiger partial charge in [0, 0.05) is 0 Å². The van der Waals surface area contributed by atoms with Gasteiger partial charge in [-0.1, -0.05) is 0 Å². The molecule has 5 N–H and O–H groups in total. The van der Waals surface area contributed by atoms with Gasteiger partial charge in [-0.05, 0) is 6.07 Å². The van der Waals surface area contributed by atoms with Gasteiger partial charge in [-0.15, -0.1) is 0 Å². The Morgan fingerprint density at radius 2 is 1.85 bits per heavy atom. The van der Waals surface area contributed by atoms with E-state index in [0.29, 0.717) is 6.07 Å². The highest BCUT2D eigenvalue weighted by Crippen LogP contribution is 2.25. The quantitative estimate of drug-likeness (QED) is 0.569. The van der Waals surface area contributed by atoms with Crippen molar-refractivity contribution in [2.45, 2.75) is 0 Å². The van der Waals surface area contributed by atoms with Crippen molar-refractivity contribution in [2.75, 3.05) is 11.5 Å². The first-order valence-electron chi connectivity index (χ1n) is 3.21. The Bertz CT molecular complexity index is 379. The minimum Gasteiger partial charge on any atom is -0.478 e. The van der Waals surface area contributed by atoms with Gasteiger partial charge in [0.1, 0.15) is 11.4 Å². The number of nitrogen functional groups attached to an aromatic ring is 2. The number of hydrogen-bond donors (Lipinski definition) is 3. The van der Waals surface area contributed by atoms with E-state index in [2.05, 4.69) is 0 Å². The highest BCUT2D eigenvalue weighted by Gasteiger charge is 2.18. The Balaban J connectivity index is 3.50. The van der Waals surface area contributed by atoms with Crippen molar-refractivity contribution < 1.29 is 18.7 Å². The third-order valence-electron chi connectivity index (χ3n) is 1.52. The van der Waals surface area contributed by atoms with Gasteiger partial charge in [-0.2, -0.15) is 0 Å². The van der Waals surface area contributed by atoms with Gasteiger partial charge < -0.3 is 16.6 Å². The lowest BCUT2D eigenvalue weighted by molar-refractivity contribution is 0.0691. The number of hydrogen-bond acceptors (Lipinski definition) is 3. The summed E-state index contributed by atoms with van der Waals surface area (Å²) in [7, 11) is 0. The average Bonchev–Trinajstić information content (AvgIpc) is 2.07. The van der Waals surface area contributed by atoms with Crippen molar-refractivity contribution >= 4 is 17.3 Å². The van der Waals surface area contributed by atoms with Crippen LogP contribution in [0.15, 0.2) is 6.07 Å². The van der Waals surface area contributed by atoms with E-state index < -0.39 is 34.5 Å². The Morgan fingerprint density at radius 1 is 1.31 bits per heavy atom. The van der Waals surface area contributed by atoms with E-state index in [1.807, 2.05) is 0 Å². The minimum absolute atomic E-state index is 0.489. The molecule has 0 radical (unpaired) electrons. The predicted octanol–water partition coefficient (Wildman–Crippen LogP) is 0.827. The molecule has 0 fully saturated rings. The van der Waals surface area contributed by atoms with Crippen LogP contribution in [0, 0.1) is 11.6 Å². The van der Waals surface area contributed by atoms with Crippen molar-refractivity contribution in [2.24, 2.45) is 0 Å². The maximum absolute atomic E-state index is 12.9. The molecule has 1 aromatic rings. The standard InChI is InChI=1S/C7H6F2N2O2/c8-3-1-2(7(12)13)4(9)6(11)5(3)10/h1H,10-11H2,(H,12,13). The molecule has 1 rings (SSSR count). The molecule has 0 bridgehead atoms. The van der Waals surface area contributed by atoms with Gasteiger partial charge in [-0.3, -0.25) is 0 Å². The van der Waals surface area contributed by atoms with Crippen molar-refractivity contribution in [3.63, 3.8) is 0 Å². The second kappa shape index (κ2) is 2.89. The molecule has 0 amide bonds. The van der Waals surface area contributed by atoms with Gasteiger partial charge in [0.25, 0.3) is 0 Å². The Kier molecular flexibility index (Phi) is 2.05. The monoisotopic (exact) mass is 188 g/mol. The van der Waals surface area contributed by atoms with Crippen molar-refractivity contribution in [1.82, 2.24) is 0 Å². The van der Waals surface area contributed by atoms with Gasteiger partial charge in [0.15, 0.2) is 5.82 Å².